The molecular weight excluding hydrogens is 284 g/mol. The molecule has 0 aromatic carbocycles. The van der Waals surface area contributed by atoms with Gasteiger partial charge in [0, 0.05) is 24.2 Å². The topological polar surface area (TPSA) is 83.0 Å². The maximum absolute atomic E-state index is 12.8. The number of amides is 1. The Morgan fingerprint density at radius 3 is 3.00 bits per heavy atom. The molecule has 108 valence electrons. The van der Waals surface area contributed by atoms with Crippen LogP contribution in [0, 0.1) is 18.3 Å². The van der Waals surface area contributed by atoms with Crippen LogP contribution in [0.15, 0.2) is 12.3 Å². The van der Waals surface area contributed by atoms with E-state index in [4.69, 9.17) is 11.0 Å². The van der Waals surface area contributed by atoms with E-state index in [0.717, 1.165) is 28.6 Å². The number of anilines is 1. The number of nitrogens with zero attached hydrogens (tertiary/aromatic N) is 3. The van der Waals surface area contributed by atoms with Gasteiger partial charge < -0.3 is 10.6 Å². The van der Waals surface area contributed by atoms with Gasteiger partial charge in [-0.2, -0.15) is 5.26 Å². The summed E-state index contributed by atoms with van der Waals surface area (Å²) in [6.45, 7) is 2.44. The fourth-order valence-corrected chi connectivity index (χ4v) is 3.60. The van der Waals surface area contributed by atoms with Gasteiger partial charge in [0.15, 0.2) is 0 Å². The number of nitrogen functional groups attached to an aromatic ring is 1. The smallest absolute Gasteiger partial charge is 0.266 e. The molecule has 1 fully saturated rings. The van der Waals surface area contributed by atoms with Gasteiger partial charge in [-0.05, 0) is 31.4 Å². The number of fused-ring (bicyclic) bond motifs is 1. The number of hydrogen-bond acceptors (Lipinski definition) is 5. The van der Waals surface area contributed by atoms with Crippen LogP contribution in [0.3, 0.4) is 0 Å². The molecule has 0 saturated heterocycles. The third-order valence-electron chi connectivity index (χ3n) is 3.74. The van der Waals surface area contributed by atoms with E-state index in [1.807, 2.05) is 13.0 Å². The molecule has 1 amide bonds. The van der Waals surface area contributed by atoms with Crippen LogP contribution in [0.5, 0.6) is 0 Å². The van der Waals surface area contributed by atoms with Gasteiger partial charge in [0.2, 0.25) is 0 Å². The maximum atomic E-state index is 12.8. The Labute approximate surface area is 127 Å². The second-order valence-corrected chi connectivity index (χ2v) is 6.29. The van der Waals surface area contributed by atoms with Gasteiger partial charge in [0.05, 0.1) is 18.2 Å². The Morgan fingerprint density at radius 1 is 1.62 bits per heavy atom. The minimum absolute atomic E-state index is 0.0624. The zero-order valence-corrected chi connectivity index (χ0v) is 12.6. The minimum Gasteiger partial charge on any atom is -0.397 e. The first kappa shape index (κ1) is 13.8. The van der Waals surface area contributed by atoms with Crippen molar-refractivity contribution in [2.24, 2.45) is 0 Å². The fraction of sp³-hybridized carbons (Fsp3) is 0.400. The van der Waals surface area contributed by atoms with E-state index in [1.165, 1.54) is 11.3 Å². The molecule has 0 bridgehead atoms. The number of carbonyl (C=O) groups excluding carboxylic acids is 1. The van der Waals surface area contributed by atoms with E-state index >= 15 is 0 Å². The predicted octanol–water partition coefficient (Wildman–Crippen LogP) is 2.71. The van der Waals surface area contributed by atoms with Crippen LogP contribution < -0.4 is 5.73 Å². The van der Waals surface area contributed by atoms with Crippen molar-refractivity contribution in [3.63, 3.8) is 0 Å². The normalized spacial score (nSPS) is 14.1. The molecule has 2 N–H and O–H groups in total. The quantitative estimate of drug-likeness (QED) is 0.941. The summed E-state index contributed by atoms with van der Waals surface area (Å²) in [4.78, 5) is 20.2. The third-order valence-corrected chi connectivity index (χ3v) is 4.85. The second kappa shape index (κ2) is 5.34. The van der Waals surface area contributed by atoms with E-state index in [1.54, 1.807) is 11.1 Å². The van der Waals surface area contributed by atoms with Crippen LogP contribution in [-0.2, 0) is 0 Å². The molecule has 0 spiro atoms. The van der Waals surface area contributed by atoms with Crippen molar-refractivity contribution < 1.29 is 4.79 Å². The highest BCUT2D eigenvalue weighted by molar-refractivity contribution is 7.21. The number of hydrogen-bond donors (Lipinski definition) is 1. The van der Waals surface area contributed by atoms with Gasteiger partial charge in [-0.25, -0.2) is 4.98 Å². The summed E-state index contributed by atoms with van der Waals surface area (Å²) < 4.78 is 0. The number of aromatic nitrogens is 1. The number of rotatable bonds is 4. The highest BCUT2D eigenvalue weighted by Gasteiger charge is 2.34. The largest absolute Gasteiger partial charge is 0.397 e. The van der Waals surface area contributed by atoms with Crippen molar-refractivity contribution in [3.05, 3.63) is 22.7 Å². The lowest BCUT2D eigenvalue weighted by Crippen LogP contribution is -2.33. The Kier molecular flexibility index (Phi) is 3.52. The number of pyridine rings is 1. The maximum Gasteiger partial charge on any atom is 0.266 e. The zero-order chi connectivity index (χ0) is 15.0. The van der Waals surface area contributed by atoms with Crippen LogP contribution in [0.2, 0.25) is 0 Å². The SMILES string of the molecule is Cc1ccnc2sc(C(=O)N(CCC#N)C3CC3)c(N)c12. The molecule has 0 radical (unpaired) electrons. The molecule has 2 aromatic rings. The van der Waals surface area contributed by atoms with Crippen molar-refractivity contribution in [3.8, 4) is 6.07 Å². The minimum atomic E-state index is -0.0624. The number of thiophene rings is 1. The molecule has 2 aromatic heterocycles. The molecule has 0 atom stereocenters. The summed E-state index contributed by atoms with van der Waals surface area (Å²) in [6.07, 6.45) is 4.11. The number of carbonyl (C=O) groups is 1. The number of nitriles is 1. The van der Waals surface area contributed by atoms with Crippen LogP contribution in [0.1, 0.15) is 34.5 Å². The third kappa shape index (κ3) is 2.45. The van der Waals surface area contributed by atoms with Crippen molar-refractivity contribution in [1.82, 2.24) is 9.88 Å². The van der Waals surface area contributed by atoms with Gasteiger partial charge in [0.1, 0.15) is 9.71 Å². The standard InChI is InChI=1S/C15H16N4OS/c1-9-5-7-18-14-11(9)12(17)13(21-14)15(20)19(8-2-6-16)10-3-4-10/h5,7,10H,2-4,8,17H2,1H3. The predicted molar refractivity (Wildman–Crippen MR) is 83.1 cm³/mol. The Balaban J connectivity index is 1.99. The lowest BCUT2D eigenvalue weighted by Gasteiger charge is -2.20. The molecule has 21 heavy (non-hydrogen) atoms. The lowest BCUT2D eigenvalue weighted by atomic mass is 10.1. The van der Waals surface area contributed by atoms with Gasteiger partial charge >= 0.3 is 0 Å². The van der Waals surface area contributed by atoms with E-state index in [2.05, 4.69) is 11.1 Å². The Morgan fingerprint density at radius 2 is 2.38 bits per heavy atom. The molecule has 6 heteroatoms. The first-order valence-electron chi connectivity index (χ1n) is 6.95. The summed E-state index contributed by atoms with van der Waals surface area (Å²) in [5, 5.41) is 9.63. The average molecular weight is 300 g/mol. The highest BCUT2D eigenvalue weighted by Crippen LogP contribution is 2.37. The van der Waals surface area contributed by atoms with E-state index < -0.39 is 0 Å². The first-order valence-corrected chi connectivity index (χ1v) is 7.76. The van der Waals surface area contributed by atoms with Gasteiger partial charge in [-0.1, -0.05) is 0 Å². The average Bonchev–Trinajstić information content (AvgIpc) is 3.24. The molecule has 0 unspecified atom stereocenters. The molecule has 1 saturated carbocycles. The fourth-order valence-electron chi connectivity index (χ4n) is 2.50. The van der Waals surface area contributed by atoms with E-state index in [-0.39, 0.29) is 11.9 Å². The van der Waals surface area contributed by atoms with Gasteiger partial charge in [-0.3, -0.25) is 4.79 Å². The van der Waals surface area contributed by atoms with Crippen LogP contribution >= 0.6 is 11.3 Å². The van der Waals surface area contributed by atoms with Gasteiger partial charge in [0.25, 0.3) is 5.91 Å². The molecule has 0 aliphatic heterocycles. The lowest BCUT2D eigenvalue weighted by molar-refractivity contribution is 0.0753. The Bertz CT molecular complexity index is 742. The zero-order valence-electron chi connectivity index (χ0n) is 11.8. The summed E-state index contributed by atoms with van der Waals surface area (Å²) in [5.41, 5.74) is 7.74. The molecular formula is C15H16N4OS. The highest BCUT2D eigenvalue weighted by atomic mass is 32.1. The van der Waals surface area contributed by atoms with E-state index in [0.29, 0.717) is 23.5 Å². The Hall–Kier alpha value is -2.13. The molecule has 2 heterocycles. The number of nitrogens with two attached hydrogens (primary N) is 1. The number of aryl methyl sites for hydroxylation is 1. The monoisotopic (exact) mass is 300 g/mol. The van der Waals surface area contributed by atoms with Crippen molar-refractivity contribution in [2.45, 2.75) is 32.2 Å². The molecule has 1 aliphatic carbocycles. The van der Waals surface area contributed by atoms with Gasteiger partial charge in [-0.15, -0.1) is 11.3 Å². The molecule has 1 aliphatic rings. The van der Waals surface area contributed by atoms with Crippen molar-refractivity contribution >= 4 is 33.1 Å². The summed E-state index contributed by atoms with van der Waals surface area (Å²) in [5.74, 6) is -0.0624. The molecule has 5 nitrogen and oxygen atoms in total. The van der Waals surface area contributed by atoms with Crippen LogP contribution in [0.4, 0.5) is 5.69 Å². The summed E-state index contributed by atoms with van der Waals surface area (Å²) >= 11 is 1.34. The van der Waals surface area contributed by atoms with Crippen molar-refractivity contribution in [1.29, 1.82) is 5.26 Å². The van der Waals surface area contributed by atoms with E-state index in [9.17, 15) is 4.79 Å². The first-order chi connectivity index (χ1) is 10.1. The van der Waals surface area contributed by atoms with Crippen LogP contribution in [0.25, 0.3) is 10.2 Å². The van der Waals surface area contributed by atoms with Crippen LogP contribution in [-0.4, -0.2) is 28.4 Å². The molecule has 3 rings (SSSR count). The second-order valence-electron chi connectivity index (χ2n) is 5.29. The summed E-state index contributed by atoms with van der Waals surface area (Å²) in [7, 11) is 0. The summed E-state index contributed by atoms with van der Waals surface area (Å²) in [6, 6.07) is 4.27. The van der Waals surface area contributed by atoms with Crippen molar-refractivity contribution in [2.75, 3.05) is 12.3 Å².